The molecule has 1 amide bonds. The molecule has 1 aromatic heterocycles. The molecule has 0 saturated carbocycles. The van der Waals surface area contributed by atoms with Crippen molar-refractivity contribution in [1.29, 1.82) is 0 Å². The highest BCUT2D eigenvalue weighted by Gasteiger charge is 2.08. The maximum atomic E-state index is 11.5. The van der Waals surface area contributed by atoms with E-state index >= 15 is 0 Å². The summed E-state index contributed by atoms with van der Waals surface area (Å²) in [6.07, 6.45) is 2.67. The second-order valence-electron chi connectivity index (χ2n) is 3.04. The van der Waals surface area contributed by atoms with Crippen molar-refractivity contribution in [2.45, 2.75) is 13.3 Å². The Balaban J connectivity index is 2.35. The Morgan fingerprint density at radius 1 is 1.41 bits per heavy atom. The molecule has 0 unspecified atom stereocenters. The molecule has 17 heavy (non-hydrogen) atoms. The quantitative estimate of drug-likeness (QED) is 0.790. The van der Waals surface area contributed by atoms with Crippen LogP contribution in [-0.2, 0) is 9.53 Å². The summed E-state index contributed by atoms with van der Waals surface area (Å²) in [4.78, 5) is 30.0. The first kappa shape index (κ1) is 13.4. The van der Waals surface area contributed by atoms with Gasteiger partial charge in [-0.1, -0.05) is 11.6 Å². The number of nitrogens with zero attached hydrogens (tertiary/aromatic N) is 2. The zero-order valence-corrected chi connectivity index (χ0v) is 10.0. The molecule has 0 radical (unpaired) electrons. The fourth-order valence-corrected chi connectivity index (χ4v) is 1.13. The summed E-state index contributed by atoms with van der Waals surface area (Å²) in [6.45, 7) is 2.25. The highest BCUT2D eigenvalue weighted by molar-refractivity contribution is 6.29. The summed E-state index contributed by atoms with van der Waals surface area (Å²) in [5.41, 5.74) is 0.151. The van der Waals surface area contributed by atoms with Gasteiger partial charge in [-0.3, -0.25) is 9.59 Å². The Hall–Kier alpha value is -1.69. The van der Waals surface area contributed by atoms with Gasteiger partial charge in [0.15, 0.2) is 0 Å². The zero-order chi connectivity index (χ0) is 12.7. The Labute approximate surface area is 103 Å². The lowest BCUT2D eigenvalue weighted by Gasteiger charge is -2.04. The molecule has 6 nitrogen and oxygen atoms in total. The largest absolute Gasteiger partial charge is 0.466 e. The third-order valence-electron chi connectivity index (χ3n) is 1.77. The van der Waals surface area contributed by atoms with Crippen molar-refractivity contribution >= 4 is 23.5 Å². The van der Waals surface area contributed by atoms with Crippen LogP contribution in [-0.4, -0.2) is 35.0 Å². The van der Waals surface area contributed by atoms with E-state index in [1.54, 1.807) is 6.92 Å². The molecule has 1 N–H and O–H groups in total. The van der Waals surface area contributed by atoms with Crippen molar-refractivity contribution in [2.24, 2.45) is 0 Å². The van der Waals surface area contributed by atoms with Gasteiger partial charge in [0.25, 0.3) is 5.91 Å². The lowest BCUT2D eigenvalue weighted by molar-refractivity contribution is -0.142. The zero-order valence-electron chi connectivity index (χ0n) is 9.27. The molecule has 1 aromatic rings. The van der Waals surface area contributed by atoms with Crippen molar-refractivity contribution in [1.82, 2.24) is 15.3 Å². The average molecular weight is 258 g/mol. The molecular formula is C10H12ClN3O3. The SMILES string of the molecule is CCOC(=O)CCNC(=O)c1cnc(Cl)cn1. The summed E-state index contributed by atoms with van der Waals surface area (Å²) >= 11 is 5.53. The van der Waals surface area contributed by atoms with E-state index in [9.17, 15) is 9.59 Å². The summed E-state index contributed by atoms with van der Waals surface area (Å²) in [5, 5.41) is 2.74. The molecule has 7 heteroatoms. The molecule has 1 rings (SSSR count). The predicted octanol–water partition coefficient (Wildman–Crippen LogP) is 0.813. The third kappa shape index (κ3) is 4.78. The molecular weight excluding hydrogens is 246 g/mol. The highest BCUT2D eigenvalue weighted by Crippen LogP contribution is 2.00. The van der Waals surface area contributed by atoms with Crippen LogP contribution in [0.2, 0.25) is 5.15 Å². The molecule has 0 aliphatic rings. The van der Waals surface area contributed by atoms with Gasteiger partial charge in [0, 0.05) is 6.54 Å². The predicted molar refractivity (Wildman–Crippen MR) is 60.6 cm³/mol. The topological polar surface area (TPSA) is 81.2 Å². The molecule has 0 aromatic carbocycles. The van der Waals surface area contributed by atoms with Crippen LogP contribution in [0.25, 0.3) is 0 Å². The van der Waals surface area contributed by atoms with Gasteiger partial charge in [-0.25, -0.2) is 9.97 Å². The minimum Gasteiger partial charge on any atom is -0.466 e. The Kier molecular flexibility index (Phi) is 5.35. The fourth-order valence-electron chi connectivity index (χ4n) is 1.03. The van der Waals surface area contributed by atoms with E-state index < -0.39 is 5.91 Å². The third-order valence-corrected chi connectivity index (χ3v) is 1.97. The Morgan fingerprint density at radius 2 is 2.18 bits per heavy atom. The summed E-state index contributed by atoms with van der Waals surface area (Å²) in [6, 6.07) is 0. The van der Waals surface area contributed by atoms with E-state index in [4.69, 9.17) is 16.3 Å². The van der Waals surface area contributed by atoms with Gasteiger partial charge in [-0.15, -0.1) is 0 Å². The number of hydrogen-bond acceptors (Lipinski definition) is 5. The monoisotopic (exact) mass is 257 g/mol. The molecule has 0 aliphatic carbocycles. The van der Waals surface area contributed by atoms with E-state index in [0.29, 0.717) is 6.61 Å². The molecule has 92 valence electrons. The molecule has 1 heterocycles. The van der Waals surface area contributed by atoms with E-state index in [1.807, 2.05) is 0 Å². The lowest BCUT2D eigenvalue weighted by Crippen LogP contribution is -2.27. The van der Waals surface area contributed by atoms with Crippen molar-refractivity contribution < 1.29 is 14.3 Å². The van der Waals surface area contributed by atoms with Crippen LogP contribution in [0.1, 0.15) is 23.8 Å². The molecule has 0 atom stereocenters. The molecule has 0 fully saturated rings. The smallest absolute Gasteiger partial charge is 0.307 e. The number of ether oxygens (including phenoxy) is 1. The van der Waals surface area contributed by atoms with Gasteiger partial charge in [0.05, 0.1) is 25.4 Å². The second-order valence-corrected chi connectivity index (χ2v) is 3.42. The Morgan fingerprint density at radius 3 is 2.76 bits per heavy atom. The number of esters is 1. The van der Waals surface area contributed by atoms with Crippen LogP contribution in [0.4, 0.5) is 0 Å². The number of carbonyl (C=O) groups is 2. The van der Waals surface area contributed by atoms with Crippen LogP contribution in [0.15, 0.2) is 12.4 Å². The summed E-state index contributed by atoms with van der Waals surface area (Å²) in [5.74, 6) is -0.756. The van der Waals surface area contributed by atoms with Crippen molar-refractivity contribution in [3.63, 3.8) is 0 Å². The first-order valence-electron chi connectivity index (χ1n) is 5.05. The normalized spacial score (nSPS) is 9.76. The number of hydrogen-bond donors (Lipinski definition) is 1. The standard InChI is InChI=1S/C10H12ClN3O3/c1-2-17-9(15)3-4-12-10(16)7-5-14-8(11)6-13-7/h5-6H,2-4H2,1H3,(H,12,16). The van der Waals surface area contributed by atoms with E-state index in [1.165, 1.54) is 12.4 Å². The van der Waals surface area contributed by atoms with Crippen LogP contribution in [0.3, 0.4) is 0 Å². The molecule has 0 aliphatic heterocycles. The number of halogens is 1. The van der Waals surface area contributed by atoms with Crippen molar-refractivity contribution in [2.75, 3.05) is 13.2 Å². The first-order valence-corrected chi connectivity index (χ1v) is 5.42. The number of aromatic nitrogens is 2. The molecule has 0 bridgehead atoms. The van der Waals surface area contributed by atoms with Gasteiger partial charge < -0.3 is 10.1 Å². The van der Waals surface area contributed by atoms with Crippen LogP contribution < -0.4 is 5.32 Å². The van der Waals surface area contributed by atoms with Crippen molar-refractivity contribution in [3.8, 4) is 0 Å². The van der Waals surface area contributed by atoms with Crippen LogP contribution in [0, 0.1) is 0 Å². The number of carbonyl (C=O) groups excluding carboxylic acids is 2. The lowest BCUT2D eigenvalue weighted by atomic mass is 10.4. The molecule has 0 spiro atoms. The van der Waals surface area contributed by atoms with E-state index in [-0.39, 0.29) is 29.8 Å². The number of amides is 1. The Bertz CT molecular complexity index is 394. The number of rotatable bonds is 5. The van der Waals surface area contributed by atoms with E-state index in [2.05, 4.69) is 15.3 Å². The fraction of sp³-hybridized carbons (Fsp3) is 0.400. The van der Waals surface area contributed by atoms with Gasteiger partial charge >= 0.3 is 5.97 Å². The minimum atomic E-state index is -0.404. The van der Waals surface area contributed by atoms with Crippen LogP contribution in [0.5, 0.6) is 0 Å². The maximum Gasteiger partial charge on any atom is 0.307 e. The number of nitrogens with one attached hydrogen (secondary N) is 1. The summed E-state index contributed by atoms with van der Waals surface area (Å²) < 4.78 is 4.71. The maximum absolute atomic E-state index is 11.5. The second kappa shape index (κ2) is 6.80. The summed E-state index contributed by atoms with van der Waals surface area (Å²) in [7, 11) is 0. The van der Waals surface area contributed by atoms with Crippen LogP contribution >= 0.6 is 11.6 Å². The van der Waals surface area contributed by atoms with E-state index in [0.717, 1.165) is 0 Å². The van der Waals surface area contributed by atoms with Gasteiger partial charge in [0.1, 0.15) is 10.8 Å². The first-order chi connectivity index (χ1) is 8.13. The van der Waals surface area contributed by atoms with Crippen molar-refractivity contribution in [3.05, 3.63) is 23.2 Å². The van der Waals surface area contributed by atoms with Gasteiger partial charge in [-0.2, -0.15) is 0 Å². The minimum absolute atomic E-state index is 0.126. The highest BCUT2D eigenvalue weighted by atomic mass is 35.5. The molecule has 0 saturated heterocycles. The average Bonchev–Trinajstić information content (AvgIpc) is 2.30. The van der Waals surface area contributed by atoms with Gasteiger partial charge in [0.2, 0.25) is 0 Å². The van der Waals surface area contributed by atoms with Gasteiger partial charge in [-0.05, 0) is 6.92 Å².